The molecule has 3 aromatic rings. The Hall–Kier alpha value is -2.83. The van der Waals surface area contributed by atoms with Crippen molar-refractivity contribution in [3.8, 4) is 5.75 Å². The lowest BCUT2D eigenvalue weighted by Gasteiger charge is -2.36. The fraction of sp³-hybridized carbons (Fsp3) is 0.348. The number of H-pyrrole nitrogens is 1. The topological polar surface area (TPSA) is 68.8 Å². The fourth-order valence-corrected chi connectivity index (χ4v) is 3.71. The standard InChI is InChI=1S/C23H27N3O3/c1-17-2-5-19(6-3-17)26-12-10-25(11-13-26)15-20(27)16-29-21-7-8-22-18(14-21)4-9-23(28)24-22/h2-9,14,20,27H,10-13,15-16H2,1H3,(H,24,28)/t20-/m0/s1. The number of pyridine rings is 1. The molecule has 1 aromatic heterocycles. The summed E-state index contributed by atoms with van der Waals surface area (Å²) >= 11 is 0. The SMILES string of the molecule is Cc1ccc(N2CCN(C[C@H](O)COc3ccc4[nH]c(=O)ccc4c3)CC2)cc1. The third-order valence-corrected chi connectivity index (χ3v) is 5.38. The summed E-state index contributed by atoms with van der Waals surface area (Å²) in [6.45, 7) is 6.71. The van der Waals surface area contributed by atoms with E-state index in [0.717, 1.165) is 37.1 Å². The smallest absolute Gasteiger partial charge is 0.248 e. The summed E-state index contributed by atoms with van der Waals surface area (Å²) in [5.74, 6) is 0.688. The molecule has 2 N–H and O–H groups in total. The van der Waals surface area contributed by atoms with E-state index in [1.54, 1.807) is 6.07 Å². The Balaban J connectivity index is 1.25. The van der Waals surface area contributed by atoms with Gasteiger partial charge in [-0.1, -0.05) is 17.7 Å². The molecular weight excluding hydrogens is 366 g/mol. The number of aryl methyl sites for hydroxylation is 1. The molecule has 2 heterocycles. The number of aliphatic hydroxyl groups is 1. The van der Waals surface area contributed by atoms with Crippen molar-refractivity contribution in [3.63, 3.8) is 0 Å². The normalized spacial score (nSPS) is 16.1. The number of benzene rings is 2. The third kappa shape index (κ3) is 4.96. The molecule has 0 unspecified atom stereocenters. The second-order valence-electron chi connectivity index (χ2n) is 7.66. The Morgan fingerprint density at radius 3 is 2.55 bits per heavy atom. The molecule has 1 aliphatic heterocycles. The molecule has 6 heteroatoms. The van der Waals surface area contributed by atoms with Crippen molar-refractivity contribution in [2.24, 2.45) is 0 Å². The molecular formula is C23H27N3O3. The second-order valence-corrected chi connectivity index (χ2v) is 7.66. The maximum Gasteiger partial charge on any atom is 0.248 e. The molecule has 0 spiro atoms. The van der Waals surface area contributed by atoms with E-state index in [9.17, 15) is 9.90 Å². The molecule has 29 heavy (non-hydrogen) atoms. The number of ether oxygens (including phenoxy) is 1. The summed E-state index contributed by atoms with van der Waals surface area (Å²) in [7, 11) is 0. The van der Waals surface area contributed by atoms with E-state index in [1.165, 1.54) is 17.3 Å². The van der Waals surface area contributed by atoms with Gasteiger partial charge >= 0.3 is 0 Å². The molecule has 1 aliphatic rings. The van der Waals surface area contributed by atoms with Gasteiger partial charge < -0.3 is 19.7 Å². The highest BCUT2D eigenvalue weighted by atomic mass is 16.5. The van der Waals surface area contributed by atoms with Crippen molar-refractivity contribution < 1.29 is 9.84 Å². The monoisotopic (exact) mass is 393 g/mol. The molecule has 0 radical (unpaired) electrons. The van der Waals surface area contributed by atoms with E-state index in [0.29, 0.717) is 12.3 Å². The van der Waals surface area contributed by atoms with E-state index in [2.05, 4.69) is 46.0 Å². The van der Waals surface area contributed by atoms with Gasteiger partial charge in [0, 0.05) is 55.4 Å². The molecule has 0 bridgehead atoms. The average molecular weight is 393 g/mol. The van der Waals surface area contributed by atoms with Gasteiger partial charge in [0.05, 0.1) is 0 Å². The number of nitrogens with zero attached hydrogens (tertiary/aromatic N) is 2. The fourth-order valence-electron chi connectivity index (χ4n) is 3.71. The Bertz CT molecular complexity index is 1010. The number of piperazine rings is 1. The first-order valence-electron chi connectivity index (χ1n) is 10.0. The number of fused-ring (bicyclic) bond motifs is 1. The van der Waals surface area contributed by atoms with Crippen molar-refractivity contribution in [1.29, 1.82) is 0 Å². The number of aromatic nitrogens is 1. The molecule has 1 fully saturated rings. The lowest BCUT2D eigenvalue weighted by molar-refractivity contribution is 0.0663. The summed E-state index contributed by atoms with van der Waals surface area (Å²) < 4.78 is 5.77. The number of aliphatic hydroxyl groups excluding tert-OH is 1. The van der Waals surface area contributed by atoms with Gasteiger partial charge in [-0.2, -0.15) is 0 Å². The quantitative estimate of drug-likeness (QED) is 0.673. The summed E-state index contributed by atoms with van der Waals surface area (Å²) in [6.07, 6.45) is -0.549. The zero-order valence-electron chi connectivity index (χ0n) is 16.7. The van der Waals surface area contributed by atoms with Crippen molar-refractivity contribution in [1.82, 2.24) is 9.88 Å². The average Bonchev–Trinajstić information content (AvgIpc) is 2.73. The van der Waals surface area contributed by atoms with Crippen LogP contribution in [0.25, 0.3) is 10.9 Å². The minimum atomic E-state index is -0.549. The Labute approximate surface area is 170 Å². The summed E-state index contributed by atoms with van der Waals surface area (Å²) in [4.78, 5) is 18.8. The van der Waals surface area contributed by atoms with Crippen LogP contribution in [0.4, 0.5) is 5.69 Å². The van der Waals surface area contributed by atoms with Gasteiger partial charge in [0.2, 0.25) is 5.56 Å². The van der Waals surface area contributed by atoms with E-state index in [-0.39, 0.29) is 12.2 Å². The van der Waals surface area contributed by atoms with Crippen LogP contribution < -0.4 is 15.2 Å². The second kappa shape index (κ2) is 8.68. The molecule has 4 rings (SSSR count). The van der Waals surface area contributed by atoms with Gasteiger partial charge in [0.25, 0.3) is 0 Å². The number of hydrogen-bond donors (Lipinski definition) is 2. The van der Waals surface area contributed by atoms with Crippen LogP contribution in [0.3, 0.4) is 0 Å². The van der Waals surface area contributed by atoms with Crippen LogP contribution in [0.15, 0.2) is 59.4 Å². The number of rotatable bonds is 6. The Morgan fingerprint density at radius 1 is 1.03 bits per heavy atom. The first-order chi connectivity index (χ1) is 14.1. The predicted octanol–water partition coefficient (Wildman–Crippen LogP) is 2.40. The van der Waals surface area contributed by atoms with Crippen LogP contribution in [-0.4, -0.2) is 60.4 Å². The largest absolute Gasteiger partial charge is 0.491 e. The Morgan fingerprint density at radius 2 is 1.79 bits per heavy atom. The van der Waals surface area contributed by atoms with E-state index in [1.807, 2.05) is 18.2 Å². The van der Waals surface area contributed by atoms with Crippen molar-refractivity contribution in [2.75, 3.05) is 44.2 Å². The molecule has 6 nitrogen and oxygen atoms in total. The van der Waals surface area contributed by atoms with Gasteiger partial charge in [0.15, 0.2) is 0 Å². The number of anilines is 1. The molecule has 0 saturated carbocycles. The van der Waals surface area contributed by atoms with Gasteiger partial charge in [-0.3, -0.25) is 9.69 Å². The van der Waals surface area contributed by atoms with Crippen molar-refractivity contribution in [3.05, 3.63) is 70.5 Å². The maximum atomic E-state index is 11.4. The van der Waals surface area contributed by atoms with Crippen LogP contribution in [-0.2, 0) is 0 Å². The van der Waals surface area contributed by atoms with Crippen LogP contribution in [0, 0.1) is 6.92 Å². The lowest BCUT2D eigenvalue weighted by atomic mass is 10.2. The number of β-amino-alcohol motifs (C(OH)–C–C–N with tert-alkyl or cyclic N) is 1. The third-order valence-electron chi connectivity index (χ3n) is 5.38. The van der Waals surface area contributed by atoms with Gasteiger partial charge in [-0.15, -0.1) is 0 Å². The minimum absolute atomic E-state index is 0.121. The Kier molecular flexibility index (Phi) is 5.83. The zero-order chi connectivity index (χ0) is 20.2. The van der Waals surface area contributed by atoms with Gasteiger partial charge in [-0.25, -0.2) is 0 Å². The van der Waals surface area contributed by atoms with Crippen LogP contribution in [0.5, 0.6) is 5.75 Å². The molecule has 0 aliphatic carbocycles. The van der Waals surface area contributed by atoms with E-state index < -0.39 is 6.10 Å². The predicted molar refractivity (Wildman–Crippen MR) is 116 cm³/mol. The molecule has 1 atom stereocenters. The highest BCUT2D eigenvalue weighted by molar-refractivity contribution is 5.79. The van der Waals surface area contributed by atoms with Crippen LogP contribution in [0.2, 0.25) is 0 Å². The minimum Gasteiger partial charge on any atom is -0.491 e. The first kappa shape index (κ1) is 19.5. The summed E-state index contributed by atoms with van der Waals surface area (Å²) in [6, 6.07) is 17.4. The highest BCUT2D eigenvalue weighted by Crippen LogP contribution is 2.19. The van der Waals surface area contributed by atoms with Crippen LogP contribution in [0.1, 0.15) is 5.56 Å². The molecule has 1 saturated heterocycles. The number of hydrogen-bond acceptors (Lipinski definition) is 5. The van der Waals surface area contributed by atoms with Crippen molar-refractivity contribution >= 4 is 16.6 Å². The van der Waals surface area contributed by atoms with E-state index in [4.69, 9.17) is 4.74 Å². The van der Waals surface area contributed by atoms with Gasteiger partial charge in [0.1, 0.15) is 18.5 Å². The highest BCUT2D eigenvalue weighted by Gasteiger charge is 2.19. The van der Waals surface area contributed by atoms with Crippen molar-refractivity contribution in [2.45, 2.75) is 13.0 Å². The first-order valence-corrected chi connectivity index (χ1v) is 10.0. The molecule has 0 amide bonds. The molecule has 152 valence electrons. The summed E-state index contributed by atoms with van der Waals surface area (Å²) in [5, 5.41) is 11.3. The molecule has 2 aromatic carbocycles. The zero-order valence-corrected chi connectivity index (χ0v) is 16.7. The summed E-state index contributed by atoms with van der Waals surface area (Å²) in [5.41, 5.74) is 3.19. The van der Waals surface area contributed by atoms with Crippen LogP contribution >= 0.6 is 0 Å². The maximum absolute atomic E-state index is 11.4. The van der Waals surface area contributed by atoms with E-state index >= 15 is 0 Å². The van der Waals surface area contributed by atoms with Gasteiger partial charge in [-0.05, 0) is 43.3 Å². The number of nitrogens with one attached hydrogen (secondary N) is 1. The lowest BCUT2D eigenvalue weighted by Crippen LogP contribution is -2.49. The number of aromatic amines is 1.